The van der Waals surface area contributed by atoms with Gasteiger partial charge in [-0.05, 0) is 40.0 Å². The first-order chi connectivity index (χ1) is 9.78. The molecule has 2 atom stereocenters. The Kier molecular flexibility index (Phi) is 6.40. The Morgan fingerprint density at radius 1 is 1.48 bits per heavy atom. The van der Waals surface area contributed by atoms with E-state index in [4.69, 9.17) is 10.5 Å². The number of hydrogen-bond donors (Lipinski definition) is 1. The second kappa shape index (κ2) is 7.59. The molecule has 1 aliphatic rings. The molecule has 5 heteroatoms. The van der Waals surface area contributed by atoms with E-state index in [-0.39, 0.29) is 24.3 Å². The normalized spacial score (nSPS) is 20.2. The summed E-state index contributed by atoms with van der Waals surface area (Å²) in [5.74, 6) is -0.746. The molecule has 0 radical (unpaired) electrons. The summed E-state index contributed by atoms with van der Waals surface area (Å²) in [5, 5.41) is 0. The average molecular weight is 296 g/mol. The summed E-state index contributed by atoms with van der Waals surface area (Å²) in [6.07, 6.45) is 4.17. The maximum atomic E-state index is 12.6. The first-order valence-electron chi connectivity index (χ1n) is 7.61. The van der Waals surface area contributed by atoms with Crippen LogP contribution in [0.3, 0.4) is 0 Å². The fraction of sp³-hybridized carbons (Fsp3) is 0.750. The van der Waals surface area contributed by atoms with E-state index in [2.05, 4.69) is 6.58 Å². The molecule has 0 aliphatic carbocycles. The molecule has 120 valence electrons. The SMILES string of the molecule is C=CC[C@@H](CC(=O)OC(C)(C)C)C(=O)N1CCC[C@H]1CN. The van der Waals surface area contributed by atoms with Crippen LogP contribution in [0.15, 0.2) is 12.7 Å². The summed E-state index contributed by atoms with van der Waals surface area (Å²) in [6.45, 7) is 10.3. The number of carbonyl (C=O) groups is 2. The largest absolute Gasteiger partial charge is 0.460 e. The summed E-state index contributed by atoms with van der Waals surface area (Å²) < 4.78 is 5.31. The standard InChI is InChI=1S/C16H28N2O3/c1-5-7-12(10-14(19)21-16(2,3)4)15(20)18-9-6-8-13(18)11-17/h5,12-13H,1,6-11,17H2,2-4H3/t12-,13-/m0/s1. The van der Waals surface area contributed by atoms with Gasteiger partial charge in [0.25, 0.3) is 0 Å². The van der Waals surface area contributed by atoms with Crippen LogP contribution in [0.1, 0.15) is 46.5 Å². The number of hydrogen-bond acceptors (Lipinski definition) is 4. The first-order valence-corrected chi connectivity index (χ1v) is 7.61. The molecular formula is C16H28N2O3. The van der Waals surface area contributed by atoms with Crippen molar-refractivity contribution in [3.63, 3.8) is 0 Å². The van der Waals surface area contributed by atoms with Crippen LogP contribution < -0.4 is 5.73 Å². The number of amides is 1. The van der Waals surface area contributed by atoms with E-state index in [0.29, 0.717) is 13.0 Å². The topological polar surface area (TPSA) is 72.6 Å². The van der Waals surface area contributed by atoms with Gasteiger partial charge in [-0.2, -0.15) is 0 Å². The molecule has 0 saturated carbocycles. The van der Waals surface area contributed by atoms with Gasteiger partial charge >= 0.3 is 5.97 Å². The van der Waals surface area contributed by atoms with E-state index in [9.17, 15) is 9.59 Å². The van der Waals surface area contributed by atoms with Gasteiger partial charge in [-0.3, -0.25) is 9.59 Å². The lowest BCUT2D eigenvalue weighted by atomic mass is 9.99. The Morgan fingerprint density at radius 3 is 2.67 bits per heavy atom. The zero-order chi connectivity index (χ0) is 16.0. The van der Waals surface area contributed by atoms with Crippen molar-refractivity contribution >= 4 is 11.9 Å². The van der Waals surface area contributed by atoms with Crippen molar-refractivity contribution in [1.82, 2.24) is 4.90 Å². The lowest BCUT2D eigenvalue weighted by Crippen LogP contribution is -2.43. The molecule has 1 amide bonds. The van der Waals surface area contributed by atoms with Gasteiger partial charge in [-0.15, -0.1) is 6.58 Å². The van der Waals surface area contributed by atoms with Gasteiger partial charge in [-0.25, -0.2) is 0 Å². The van der Waals surface area contributed by atoms with Crippen molar-refractivity contribution in [2.24, 2.45) is 11.7 Å². The Labute approximate surface area is 127 Å². The maximum absolute atomic E-state index is 12.6. The van der Waals surface area contributed by atoms with Crippen LogP contribution in [0, 0.1) is 5.92 Å². The Bertz CT molecular complexity index is 387. The molecule has 1 fully saturated rings. The highest BCUT2D eigenvalue weighted by Crippen LogP contribution is 2.23. The van der Waals surface area contributed by atoms with Crippen LogP contribution in [0.2, 0.25) is 0 Å². The minimum absolute atomic E-state index is 0.00582. The molecule has 1 rings (SSSR count). The van der Waals surface area contributed by atoms with Crippen LogP contribution in [-0.4, -0.2) is 41.5 Å². The highest BCUT2D eigenvalue weighted by Gasteiger charge is 2.33. The van der Waals surface area contributed by atoms with Crippen molar-refractivity contribution in [2.45, 2.75) is 58.1 Å². The van der Waals surface area contributed by atoms with Gasteiger partial charge in [0.2, 0.25) is 5.91 Å². The Morgan fingerprint density at radius 2 is 2.14 bits per heavy atom. The van der Waals surface area contributed by atoms with E-state index in [1.807, 2.05) is 25.7 Å². The fourth-order valence-electron chi connectivity index (χ4n) is 2.66. The Hall–Kier alpha value is -1.36. The Balaban J connectivity index is 2.69. The molecule has 5 nitrogen and oxygen atoms in total. The molecule has 21 heavy (non-hydrogen) atoms. The average Bonchev–Trinajstić information content (AvgIpc) is 2.83. The summed E-state index contributed by atoms with van der Waals surface area (Å²) in [6, 6.07) is 0.100. The third-order valence-electron chi connectivity index (χ3n) is 3.57. The van der Waals surface area contributed by atoms with Gasteiger partial charge in [-0.1, -0.05) is 6.08 Å². The number of esters is 1. The van der Waals surface area contributed by atoms with Crippen molar-refractivity contribution in [3.8, 4) is 0 Å². The molecule has 0 unspecified atom stereocenters. The number of rotatable bonds is 6. The quantitative estimate of drug-likeness (QED) is 0.600. The summed E-state index contributed by atoms with van der Waals surface area (Å²) in [4.78, 5) is 26.4. The van der Waals surface area contributed by atoms with Crippen molar-refractivity contribution in [2.75, 3.05) is 13.1 Å². The van der Waals surface area contributed by atoms with E-state index in [0.717, 1.165) is 19.4 Å². The summed E-state index contributed by atoms with van der Waals surface area (Å²) >= 11 is 0. The third kappa shape index (κ3) is 5.50. The molecule has 0 aromatic carbocycles. The van der Waals surface area contributed by atoms with E-state index >= 15 is 0 Å². The predicted octanol–water partition coefficient (Wildman–Crippen LogP) is 1.86. The lowest BCUT2D eigenvalue weighted by molar-refractivity contribution is -0.158. The van der Waals surface area contributed by atoms with Gasteiger partial charge in [0, 0.05) is 19.1 Å². The molecular weight excluding hydrogens is 268 g/mol. The molecule has 1 aliphatic heterocycles. The minimum atomic E-state index is -0.535. The molecule has 1 saturated heterocycles. The zero-order valence-corrected chi connectivity index (χ0v) is 13.4. The van der Waals surface area contributed by atoms with Crippen LogP contribution in [0.25, 0.3) is 0 Å². The predicted molar refractivity (Wildman–Crippen MR) is 82.6 cm³/mol. The highest BCUT2D eigenvalue weighted by molar-refractivity contribution is 5.84. The summed E-state index contributed by atoms with van der Waals surface area (Å²) in [5.41, 5.74) is 5.18. The van der Waals surface area contributed by atoms with Gasteiger partial charge in [0.1, 0.15) is 5.60 Å². The van der Waals surface area contributed by atoms with Crippen LogP contribution in [0.4, 0.5) is 0 Å². The zero-order valence-electron chi connectivity index (χ0n) is 13.4. The molecule has 0 aromatic rings. The van der Waals surface area contributed by atoms with Crippen molar-refractivity contribution < 1.29 is 14.3 Å². The number of ether oxygens (including phenoxy) is 1. The molecule has 0 spiro atoms. The van der Waals surface area contributed by atoms with Crippen LogP contribution in [0.5, 0.6) is 0 Å². The maximum Gasteiger partial charge on any atom is 0.307 e. The summed E-state index contributed by atoms with van der Waals surface area (Å²) in [7, 11) is 0. The minimum Gasteiger partial charge on any atom is -0.460 e. The molecule has 0 aromatic heterocycles. The van der Waals surface area contributed by atoms with Crippen LogP contribution in [-0.2, 0) is 14.3 Å². The smallest absolute Gasteiger partial charge is 0.307 e. The highest BCUT2D eigenvalue weighted by atomic mass is 16.6. The van der Waals surface area contributed by atoms with Gasteiger partial charge < -0.3 is 15.4 Å². The van der Waals surface area contributed by atoms with Crippen molar-refractivity contribution in [3.05, 3.63) is 12.7 Å². The van der Waals surface area contributed by atoms with Gasteiger partial charge in [0.05, 0.1) is 12.3 Å². The molecule has 2 N–H and O–H groups in total. The molecule has 0 bridgehead atoms. The monoisotopic (exact) mass is 296 g/mol. The number of nitrogens with zero attached hydrogens (tertiary/aromatic N) is 1. The number of nitrogens with two attached hydrogens (primary N) is 1. The fourth-order valence-corrected chi connectivity index (χ4v) is 2.66. The van der Waals surface area contributed by atoms with E-state index in [1.165, 1.54) is 0 Å². The number of likely N-dealkylation sites (tertiary alicyclic amines) is 1. The number of allylic oxidation sites excluding steroid dienone is 1. The van der Waals surface area contributed by atoms with E-state index < -0.39 is 11.5 Å². The molecule has 1 heterocycles. The first kappa shape index (κ1) is 17.7. The van der Waals surface area contributed by atoms with Crippen LogP contribution >= 0.6 is 0 Å². The third-order valence-corrected chi connectivity index (χ3v) is 3.57. The van der Waals surface area contributed by atoms with Gasteiger partial charge in [0.15, 0.2) is 0 Å². The lowest BCUT2D eigenvalue weighted by Gasteiger charge is -2.28. The number of carbonyl (C=O) groups excluding carboxylic acids is 2. The second-order valence-corrected chi connectivity index (χ2v) is 6.58. The van der Waals surface area contributed by atoms with Crippen molar-refractivity contribution in [1.29, 1.82) is 0 Å². The van der Waals surface area contributed by atoms with E-state index in [1.54, 1.807) is 6.08 Å². The second-order valence-electron chi connectivity index (χ2n) is 6.58.